The van der Waals surface area contributed by atoms with Crippen molar-refractivity contribution in [2.45, 2.75) is 25.5 Å². The monoisotopic (exact) mass is 333 g/mol. The largest absolute Gasteiger partial charge is 0.384 e. The van der Waals surface area contributed by atoms with Crippen LogP contribution in [0.3, 0.4) is 0 Å². The normalized spacial score (nSPS) is 15.6. The molecule has 2 N–H and O–H groups in total. The standard InChI is InChI=1S/C17H20BrNO/c1-13(15-10-6-7-11-16(15)18)19-12-17(2,20)14-8-4-3-5-9-14/h3-11,13,19-20H,12H2,1-2H3/t13-,17?/m1/s1. The molecule has 3 heteroatoms. The summed E-state index contributed by atoms with van der Waals surface area (Å²) < 4.78 is 1.08. The van der Waals surface area contributed by atoms with Gasteiger partial charge >= 0.3 is 0 Å². The summed E-state index contributed by atoms with van der Waals surface area (Å²) in [4.78, 5) is 0. The summed E-state index contributed by atoms with van der Waals surface area (Å²) in [5.41, 5.74) is 1.24. The Morgan fingerprint density at radius 2 is 1.70 bits per heavy atom. The molecule has 0 saturated carbocycles. The van der Waals surface area contributed by atoms with Crippen molar-refractivity contribution in [1.82, 2.24) is 5.32 Å². The van der Waals surface area contributed by atoms with Crippen molar-refractivity contribution in [2.75, 3.05) is 6.54 Å². The van der Waals surface area contributed by atoms with E-state index in [1.54, 1.807) is 0 Å². The predicted molar refractivity (Wildman–Crippen MR) is 86.6 cm³/mol. The minimum absolute atomic E-state index is 0.167. The second kappa shape index (κ2) is 6.53. The van der Waals surface area contributed by atoms with Gasteiger partial charge in [-0.15, -0.1) is 0 Å². The molecule has 1 unspecified atom stereocenters. The van der Waals surface area contributed by atoms with Crippen LogP contribution in [0.4, 0.5) is 0 Å². The van der Waals surface area contributed by atoms with Gasteiger partial charge in [0.1, 0.15) is 0 Å². The topological polar surface area (TPSA) is 32.3 Å². The van der Waals surface area contributed by atoms with E-state index >= 15 is 0 Å². The van der Waals surface area contributed by atoms with Gasteiger partial charge in [-0.2, -0.15) is 0 Å². The van der Waals surface area contributed by atoms with Crippen LogP contribution in [0.5, 0.6) is 0 Å². The lowest BCUT2D eigenvalue weighted by Gasteiger charge is -2.27. The quantitative estimate of drug-likeness (QED) is 0.866. The van der Waals surface area contributed by atoms with Gasteiger partial charge in [0.25, 0.3) is 0 Å². The van der Waals surface area contributed by atoms with Crippen molar-refractivity contribution in [3.8, 4) is 0 Å². The lowest BCUT2D eigenvalue weighted by Crippen LogP contribution is -2.36. The fraction of sp³-hybridized carbons (Fsp3) is 0.294. The van der Waals surface area contributed by atoms with Gasteiger partial charge in [-0.25, -0.2) is 0 Å². The third-order valence-corrected chi connectivity index (χ3v) is 4.24. The molecular formula is C17H20BrNO. The summed E-state index contributed by atoms with van der Waals surface area (Å²) in [5, 5.41) is 14.0. The van der Waals surface area contributed by atoms with Gasteiger partial charge in [-0.05, 0) is 31.0 Å². The molecule has 0 aromatic heterocycles. The first-order valence-electron chi connectivity index (χ1n) is 6.76. The van der Waals surface area contributed by atoms with E-state index in [4.69, 9.17) is 0 Å². The van der Waals surface area contributed by atoms with Crippen molar-refractivity contribution in [3.05, 3.63) is 70.2 Å². The van der Waals surface area contributed by atoms with Crippen LogP contribution in [-0.4, -0.2) is 11.7 Å². The highest BCUT2D eigenvalue weighted by Gasteiger charge is 2.23. The molecule has 2 aromatic carbocycles. The third kappa shape index (κ3) is 3.69. The van der Waals surface area contributed by atoms with Gasteiger partial charge in [0.05, 0.1) is 5.60 Å². The van der Waals surface area contributed by atoms with Crippen molar-refractivity contribution < 1.29 is 5.11 Å². The van der Waals surface area contributed by atoms with Crippen LogP contribution >= 0.6 is 15.9 Å². The van der Waals surface area contributed by atoms with E-state index in [2.05, 4.69) is 34.2 Å². The van der Waals surface area contributed by atoms with Crippen LogP contribution in [0.2, 0.25) is 0 Å². The fourth-order valence-corrected chi connectivity index (χ4v) is 2.82. The SMILES string of the molecule is C[C@@H](NCC(C)(O)c1ccccc1)c1ccccc1Br. The van der Waals surface area contributed by atoms with Crippen LogP contribution in [0.25, 0.3) is 0 Å². The van der Waals surface area contributed by atoms with Crippen LogP contribution in [0.1, 0.15) is 31.0 Å². The number of halogens is 1. The Labute approximate surface area is 129 Å². The summed E-state index contributed by atoms with van der Waals surface area (Å²) in [6.07, 6.45) is 0. The summed E-state index contributed by atoms with van der Waals surface area (Å²) in [5.74, 6) is 0. The molecule has 0 amide bonds. The Morgan fingerprint density at radius 3 is 2.35 bits per heavy atom. The van der Waals surface area contributed by atoms with E-state index in [1.165, 1.54) is 5.56 Å². The number of aliphatic hydroxyl groups is 1. The van der Waals surface area contributed by atoms with Crippen LogP contribution < -0.4 is 5.32 Å². The number of benzene rings is 2. The van der Waals surface area contributed by atoms with Crippen molar-refractivity contribution in [2.24, 2.45) is 0 Å². The molecule has 106 valence electrons. The van der Waals surface area contributed by atoms with E-state index in [0.717, 1.165) is 10.0 Å². The molecule has 2 atom stereocenters. The van der Waals surface area contributed by atoms with E-state index < -0.39 is 5.60 Å². The first kappa shape index (κ1) is 15.2. The number of hydrogen-bond donors (Lipinski definition) is 2. The van der Waals surface area contributed by atoms with Gasteiger partial charge in [0.2, 0.25) is 0 Å². The second-order valence-electron chi connectivity index (χ2n) is 5.26. The summed E-state index contributed by atoms with van der Waals surface area (Å²) >= 11 is 3.56. The number of nitrogens with one attached hydrogen (secondary N) is 1. The average molecular weight is 334 g/mol. The fourth-order valence-electron chi connectivity index (χ4n) is 2.19. The minimum Gasteiger partial charge on any atom is -0.384 e. The highest BCUT2D eigenvalue weighted by molar-refractivity contribution is 9.10. The number of rotatable bonds is 5. The van der Waals surface area contributed by atoms with Crippen molar-refractivity contribution >= 4 is 15.9 Å². The van der Waals surface area contributed by atoms with Gasteiger partial charge in [0, 0.05) is 17.1 Å². The van der Waals surface area contributed by atoms with E-state index in [-0.39, 0.29) is 6.04 Å². The van der Waals surface area contributed by atoms with Crippen molar-refractivity contribution in [1.29, 1.82) is 0 Å². The Kier molecular flexibility index (Phi) is 4.97. The van der Waals surface area contributed by atoms with Gasteiger partial charge in [0.15, 0.2) is 0 Å². The van der Waals surface area contributed by atoms with Crippen LogP contribution in [-0.2, 0) is 5.60 Å². The zero-order valence-corrected chi connectivity index (χ0v) is 13.4. The van der Waals surface area contributed by atoms with E-state index in [1.807, 2.05) is 55.5 Å². The molecule has 0 aliphatic carbocycles. The molecule has 0 heterocycles. The molecule has 0 radical (unpaired) electrons. The van der Waals surface area contributed by atoms with Gasteiger partial charge < -0.3 is 10.4 Å². The third-order valence-electron chi connectivity index (χ3n) is 3.52. The molecule has 2 aromatic rings. The zero-order chi connectivity index (χ0) is 14.6. The molecule has 0 aliphatic rings. The molecule has 0 aliphatic heterocycles. The Hall–Kier alpha value is -1.16. The van der Waals surface area contributed by atoms with Crippen molar-refractivity contribution in [3.63, 3.8) is 0 Å². The summed E-state index contributed by atoms with van der Waals surface area (Å²) in [7, 11) is 0. The maximum atomic E-state index is 10.6. The first-order valence-corrected chi connectivity index (χ1v) is 7.56. The average Bonchev–Trinajstić information content (AvgIpc) is 2.46. The van der Waals surface area contributed by atoms with E-state index in [9.17, 15) is 5.11 Å². The smallest absolute Gasteiger partial charge is 0.0992 e. The molecule has 0 saturated heterocycles. The highest BCUT2D eigenvalue weighted by Crippen LogP contribution is 2.25. The molecular weight excluding hydrogens is 314 g/mol. The molecule has 2 rings (SSSR count). The van der Waals surface area contributed by atoms with Gasteiger partial charge in [-0.3, -0.25) is 0 Å². The Bertz CT molecular complexity index is 554. The molecule has 0 spiro atoms. The summed E-state index contributed by atoms with van der Waals surface area (Å²) in [6.45, 7) is 4.43. The van der Waals surface area contributed by atoms with Crippen LogP contribution in [0, 0.1) is 0 Å². The first-order chi connectivity index (χ1) is 9.50. The van der Waals surface area contributed by atoms with Crippen LogP contribution in [0.15, 0.2) is 59.1 Å². The highest BCUT2D eigenvalue weighted by atomic mass is 79.9. The lowest BCUT2D eigenvalue weighted by atomic mass is 9.95. The minimum atomic E-state index is -0.878. The van der Waals surface area contributed by atoms with E-state index in [0.29, 0.717) is 6.54 Å². The predicted octanol–water partition coefficient (Wildman–Crippen LogP) is 4.01. The molecule has 0 bridgehead atoms. The maximum absolute atomic E-state index is 10.6. The zero-order valence-electron chi connectivity index (χ0n) is 11.8. The maximum Gasteiger partial charge on any atom is 0.0992 e. The number of hydrogen-bond acceptors (Lipinski definition) is 2. The van der Waals surface area contributed by atoms with Gasteiger partial charge in [-0.1, -0.05) is 64.5 Å². The summed E-state index contributed by atoms with van der Waals surface area (Å²) in [6, 6.07) is 18.0. The lowest BCUT2D eigenvalue weighted by molar-refractivity contribution is 0.0543. The molecule has 0 fully saturated rings. The Balaban J connectivity index is 2.03. The Morgan fingerprint density at radius 1 is 1.10 bits per heavy atom. The molecule has 2 nitrogen and oxygen atoms in total. The second-order valence-corrected chi connectivity index (χ2v) is 6.12. The molecule has 20 heavy (non-hydrogen) atoms.